The summed E-state index contributed by atoms with van der Waals surface area (Å²) in [7, 11) is 1.63. The number of carbonyl (C=O) groups is 2. The van der Waals surface area contributed by atoms with Crippen LogP contribution in [0.5, 0.6) is 5.75 Å². The Balaban J connectivity index is 1.55. The largest absolute Gasteiger partial charge is 0.497 e. The van der Waals surface area contributed by atoms with Crippen molar-refractivity contribution in [2.75, 3.05) is 38.7 Å². The smallest absolute Gasteiger partial charge is 0.256 e. The van der Waals surface area contributed by atoms with Gasteiger partial charge in [0.15, 0.2) is 0 Å². The van der Waals surface area contributed by atoms with E-state index in [1.54, 1.807) is 18.2 Å². The van der Waals surface area contributed by atoms with Gasteiger partial charge < -0.3 is 24.7 Å². The molecule has 1 aromatic heterocycles. The first-order chi connectivity index (χ1) is 16.1. The van der Waals surface area contributed by atoms with Crippen LogP contribution in [0.15, 0.2) is 48.7 Å². The van der Waals surface area contributed by atoms with E-state index >= 15 is 0 Å². The molecule has 7 nitrogen and oxygen atoms in total. The Morgan fingerprint density at radius 3 is 2.73 bits per heavy atom. The molecule has 1 fully saturated rings. The van der Waals surface area contributed by atoms with Crippen LogP contribution in [0.4, 0.5) is 5.69 Å². The monoisotopic (exact) mass is 443 g/mol. The van der Waals surface area contributed by atoms with Gasteiger partial charge in [-0.3, -0.25) is 9.59 Å². The van der Waals surface area contributed by atoms with E-state index < -0.39 is 0 Å². The molecule has 2 N–H and O–H groups in total. The lowest BCUT2D eigenvalue weighted by Crippen LogP contribution is -2.40. The van der Waals surface area contributed by atoms with Crippen LogP contribution in [0, 0.1) is 6.92 Å². The van der Waals surface area contributed by atoms with E-state index in [4.69, 9.17) is 9.47 Å². The van der Waals surface area contributed by atoms with Gasteiger partial charge in [0, 0.05) is 36.2 Å². The van der Waals surface area contributed by atoms with Crippen molar-refractivity contribution >= 4 is 29.2 Å². The number of nitrogens with one attached hydrogen (secondary N) is 2. The predicted octanol–water partition coefficient (Wildman–Crippen LogP) is 3.96. The van der Waals surface area contributed by atoms with Crippen LogP contribution < -0.4 is 10.1 Å². The van der Waals surface area contributed by atoms with Gasteiger partial charge in [-0.2, -0.15) is 0 Å². The number of amides is 2. The third kappa shape index (κ3) is 3.81. The molecule has 0 unspecified atom stereocenters. The van der Waals surface area contributed by atoms with Crippen LogP contribution in [0.1, 0.15) is 27.2 Å². The van der Waals surface area contributed by atoms with Crippen molar-refractivity contribution in [2.45, 2.75) is 6.92 Å². The summed E-state index contributed by atoms with van der Waals surface area (Å²) in [5.74, 6) is 0.555. The maximum atomic E-state index is 13.0. The number of fused-ring (bicyclic) bond motifs is 1. The number of hydrogen-bond donors (Lipinski definition) is 2. The lowest BCUT2D eigenvalue weighted by Gasteiger charge is -2.26. The highest BCUT2D eigenvalue weighted by atomic mass is 16.5. The zero-order chi connectivity index (χ0) is 22.9. The van der Waals surface area contributed by atoms with E-state index in [2.05, 4.69) is 10.3 Å². The molecule has 0 radical (unpaired) electrons. The molecule has 3 aromatic rings. The Morgan fingerprint density at radius 1 is 1.15 bits per heavy atom. The van der Waals surface area contributed by atoms with Crippen molar-refractivity contribution in [1.82, 2.24) is 9.88 Å². The summed E-state index contributed by atoms with van der Waals surface area (Å²) < 4.78 is 10.7. The number of ether oxygens (including phenoxy) is 2. The number of H-pyrrole nitrogens is 1. The van der Waals surface area contributed by atoms with Gasteiger partial charge in [0.25, 0.3) is 11.8 Å². The van der Waals surface area contributed by atoms with Crippen LogP contribution >= 0.6 is 0 Å². The van der Waals surface area contributed by atoms with Crippen molar-refractivity contribution in [3.63, 3.8) is 0 Å². The van der Waals surface area contributed by atoms with E-state index in [1.807, 2.05) is 55.5 Å². The van der Waals surface area contributed by atoms with Crippen molar-refractivity contribution < 1.29 is 19.1 Å². The molecular formula is C26H25N3O4. The minimum atomic E-state index is -0.171. The molecular weight excluding hydrogens is 418 g/mol. The molecule has 0 spiro atoms. The van der Waals surface area contributed by atoms with Crippen LogP contribution in [-0.4, -0.2) is 55.1 Å². The molecule has 0 saturated carbocycles. The fraction of sp³-hybridized carbons (Fsp3) is 0.231. The summed E-state index contributed by atoms with van der Waals surface area (Å²) in [5, 5.41) is 2.97. The van der Waals surface area contributed by atoms with E-state index in [1.165, 1.54) is 0 Å². The zero-order valence-electron chi connectivity index (χ0n) is 18.6. The number of aromatic nitrogens is 1. The van der Waals surface area contributed by atoms with Crippen molar-refractivity contribution in [3.05, 3.63) is 71.0 Å². The minimum Gasteiger partial charge on any atom is -0.497 e. The van der Waals surface area contributed by atoms with Gasteiger partial charge in [0.05, 0.1) is 31.5 Å². The molecule has 0 aliphatic carbocycles. The summed E-state index contributed by atoms with van der Waals surface area (Å²) in [6.07, 6.45) is 3.55. The Bertz CT molecular complexity index is 1270. The van der Waals surface area contributed by atoms with Crippen LogP contribution in [0.2, 0.25) is 0 Å². The molecule has 2 amide bonds. The predicted molar refractivity (Wildman–Crippen MR) is 127 cm³/mol. The molecule has 2 aromatic carbocycles. The van der Waals surface area contributed by atoms with E-state index in [0.29, 0.717) is 37.4 Å². The molecule has 1 saturated heterocycles. The highest BCUT2D eigenvalue weighted by molar-refractivity contribution is 6.36. The standard InChI is InChI=1S/C26H25N3O4/c1-16-21(26(31)29-9-11-33-12-10-29)15-27-23(16)14-20-24-19(7-4-8-22(24)28-25(20)30)17-5-3-6-18(13-17)32-2/h3-8,13-15,27H,9-12H2,1-2H3,(H,28,30). The quantitative estimate of drug-likeness (QED) is 0.598. The zero-order valence-corrected chi connectivity index (χ0v) is 18.6. The van der Waals surface area contributed by atoms with Gasteiger partial charge >= 0.3 is 0 Å². The Morgan fingerprint density at radius 2 is 1.94 bits per heavy atom. The maximum absolute atomic E-state index is 13.0. The van der Waals surface area contributed by atoms with Crippen molar-refractivity contribution in [1.29, 1.82) is 0 Å². The van der Waals surface area contributed by atoms with Crippen molar-refractivity contribution in [3.8, 4) is 16.9 Å². The third-order valence-electron chi connectivity index (χ3n) is 6.20. The second kappa shape index (κ2) is 8.60. The molecule has 3 heterocycles. The molecule has 168 valence electrons. The third-order valence-corrected chi connectivity index (χ3v) is 6.20. The number of hydrogen-bond acceptors (Lipinski definition) is 4. The highest BCUT2D eigenvalue weighted by Gasteiger charge is 2.28. The molecule has 7 heteroatoms. The second-order valence-electron chi connectivity index (χ2n) is 8.12. The normalized spacial score (nSPS) is 16.6. The lowest BCUT2D eigenvalue weighted by atomic mass is 9.94. The average molecular weight is 444 g/mol. The Hall–Kier alpha value is -3.84. The number of nitrogens with zero attached hydrogens (tertiary/aromatic N) is 1. The summed E-state index contributed by atoms with van der Waals surface area (Å²) >= 11 is 0. The molecule has 0 atom stereocenters. The number of morpholine rings is 1. The van der Waals surface area contributed by atoms with Gasteiger partial charge in [0.1, 0.15) is 5.75 Å². The van der Waals surface area contributed by atoms with E-state index in [9.17, 15) is 9.59 Å². The number of methoxy groups -OCH3 is 1. The number of anilines is 1. The minimum absolute atomic E-state index is 0.0231. The van der Waals surface area contributed by atoms with Gasteiger partial charge in [-0.25, -0.2) is 0 Å². The Labute approximate surface area is 192 Å². The Kier molecular flexibility index (Phi) is 5.48. The van der Waals surface area contributed by atoms with Crippen LogP contribution in [0.3, 0.4) is 0 Å². The van der Waals surface area contributed by atoms with Gasteiger partial charge in [-0.05, 0) is 47.9 Å². The molecule has 2 aliphatic heterocycles. The summed E-state index contributed by atoms with van der Waals surface area (Å²) in [6, 6.07) is 13.6. The molecule has 0 bridgehead atoms. The van der Waals surface area contributed by atoms with E-state index in [0.717, 1.165) is 39.4 Å². The number of aromatic amines is 1. The highest BCUT2D eigenvalue weighted by Crippen LogP contribution is 2.41. The van der Waals surface area contributed by atoms with E-state index in [-0.39, 0.29) is 11.8 Å². The first-order valence-corrected chi connectivity index (χ1v) is 10.9. The SMILES string of the molecule is COc1cccc(-c2cccc3c2C(=Cc2[nH]cc(C(=O)N4CCOCC4)c2C)C(=O)N3)c1. The van der Waals surface area contributed by atoms with Gasteiger partial charge in [-0.1, -0.05) is 24.3 Å². The maximum Gasteiger partial charge on any atom is 0.256 e. The number of benzene rings is 2. The molecule has 2 aliphatic rings. The number of rotatable bonds is 4. The number of carbonyl (C=O) groups excluding carboxylic acids is 2. The van der Waals surface area contributed by atoms with Crippen LogP contribution in [0.25, 0.3) is 22.8 Å². The second-order valence-corrected chi connectivity index (χ2v) is 8.12. The topological polar surface area (TPSA) is 83.7 Å². The summed E-state index contributed by atoms with van der Waals surface area (Å²) in [6.45, 7) is 4.17. The average Bonchev–Trinajstić information content (AvgIpc) is 3.38. The van der Waals surface area contributed by atoms with Gasteiger partial charge in [0.2, 0.25) is 0 Å². The van der Waals surface area contributed by atoms with Crippen molar-refractivity contribution in [2.24, 2.45) is 0 Å². The summed E-state index contributed by atoms with van der Waals surface area (Å²) in [4.78, 5) is 30.9. The fourth-order valence-electron chi connectivity index (χ4n) is 4.38. The van der Waals surface area contributed by atoms with Gasteiger partial charge in [-0.15, -0.1) is 0 Å². The first-order valence-electron chi connectivity index (χ1n) is 10.9. The fourth-order valence-corrected chi connectivity index (χ4v) is 4.38. The summed E-state index contributed by atoms with van der Waals surface area (Å²) in [5.41, 5.74) is 6.22. The molecule has 33 heavy (non-hydrogen) atoms. The first kappa shape index (κ1) is 21.0. The van der Waals surface area contributed by atoms with Crippen LogP contribution in [-0.2, 0) is 9.53 Å². The lowest BCUT2D eigenvalue weighted by molar-refractivity contribution is -0.110. The molecule has 5 rings (SSSR count).